The first-order valence-electron chi connectivity index (χ1n) is 5.44. The first-order valence-corrected chi connectivity index (χ1v) is 7.05. The molecule has 0 spiro atoms. The van der Waals surface area contributed by atoms with Crippen LogP contribution < -0.4 is 0 Å². The van der Waals surface area contributed by atoms with E-state index >= 15 is 0 Å². The highest BCUT2D eigenvalue weighted by Crippen LogP contribution is 2.31. The fourth-order valence-corrected chi connectivity index (χ4v) is 3.90. The fourth-order valence-electron chi connectivity index (χ4n) is 2.09. The Morgan fingerprint density at radius 1 is 1.53 bits per heavy atom. The van der Waals surface area contributed by atoms with Crippen LogP contribution in [0.2, 0.25) is 0 Å². The molecule has 2 aromatic rings. The van der Waals surface area contributed by atoms with Gasteiger partial charge in [0.1, 0.15) is 5.69 Å². The van der Waals surface area contributed by atoms with E-state index < -0.39 is 0 Å². The van der Waals surface area contributed by atoms with Crippen molar-refractivity contribution in [1.29, 1.82) is 0 Å². The maximum Gasteiger partial charge on any atom is 0.270 e. The van der Waals surface area contributed by atoms with E-state index in [9.17, 15) is 4.79 Å². The molecule has 2 aromatic heterocycles. The molecule has 1 N–H and O–H groups in total. The number of carbonyl (C=O) groups excluding carboxylic acids is 1. The Morgan fingerprint density at radius 2 is 2.41 bits per heavy atom. The average Bonchev–Trinajstić information content (AvgIpc) is 2.94. The van der Waals surface area contributed by atoms with E-state index in [-0.39, 0.29) is 5.91 Å². The van der Waals surface area contributed by atoms with Crippen molar-refractivity contribution in [2.75, 3.05) is 6.54 Å². The topological polar surface area (TPSA) is 36.1 Å². The number of nitrogens with zero attached hydrogens (tertiary/aromatic N) is 1. The number of thiophene rings is 1. The second-order valence-corrected chi connectivity index (χ2v) is 6.58. The van der Waals surface area contributed by atoms with Gasteiger partial charge in [0.15, 0.2) is 0 Å². The monoisotopic (exact) mass is 310 g/mol. The largest absolute Gasteiger partial charge is 0.357 e. The number of fused-ring (bicyclic) bond motifs is 1. The maximum absolute atomic E-state index is 12.2. The van der Waals surface area contributed by atoms with E-state index in [0.717, 1.165) is 23.3 Å². The number of H-pyrrole nitrogens is 1. The summed E-state index contributed by atoms with van der Waals surface area (Å²) >= 11 is 5.22. The van der Waals surface area contributed by atoms with Crippen LogP contribution in [0.3, 0.4) is 0 Å². The van der Waals surface area contributed by atoms with Crippen LogP contribution in [0.4, 0.5) is 0 Å². The number of aromatic amines is 1. The van der Waals surface area contributed by atoms with Crippen LogP contribution in [0.25, 0.3) is 0 Å². The highest BCUT2D eigenvalue weighted by molar-refractivity contribution is 9.11. The van der Waals surface area contributed by atoms with Crippen LogP contribution in [0.1, 0.15) is 20.9 Å². The first kappa shape index (κ1) is 11.0. The molecule has 5 heteroatoms. The zero-order valence-electron chi connectivity index (χ0n) is 9.07. The third-order valence-electron chi connectivity index (χ3n) is 2.97. The smallest absolute Gasteiger partial charge is 0.270 e. The number of hydrogen-bond acceptors (Lipinski definition) is 2. The molecular formula is C12H11BrN2OS. The molecule has 0 aliphatic carbocycles. The molecule has 0 bridgehead atoms. The number of hydrogen-bond donors (Lipinski definition) is 1. The van der Waals surface area contributed by atoms with E-state index in [0.29, 0.717) is 5.69 Å². The van der Waals surface area contributed by atoms with Crippen molar-refractivity contribution < 1.29 is 4.79 Å². The van der Waals surface area contributed by atoms with Crippen molar-refractivity contribution in [2.24, 2.45) is 0 Å². The fraction of sp³-hybridized carbons (Fsp3) is 0.250. The molecule has 0 fully saturated rings. The molecule has 88 valence electrons. The Bertz CT molecular complexity index is 547. The molecule has 1 aliphatic rings. The van der Waals surface area contributed by atoms with Crippen LogP contribution in [0.15, 0.2) is 28.2 Å². The average molecular weight is 311 g/mol. The van der Waals surface area contributed by atoms with Gasteiger partial charge in [-0.2, -0.15) is 0 Å². The predicted octanol–water partition coefficient (Wildman–Crippen LogP) is 3.04. The summed E-state index contributed by atoms with van der Waals surface area (Å²) < 4.78 is 1.15. The Kier molecular flexibility index (Phi) is 2.80. The van der Waals surface area contributed by atoms with E-state index in [1.807, 2.05) is 17.0 Å². The van der Waals surface area contributed by atoms with Crippen molar-refractivity contribution in [3.8, 4) is 0 Å². The lowest BCUT2D eigenvalue weighted by Gasteiger charge is -2.26. The summed E-state index contributed by atoms with van der Waals surface area (Å²) in [6, 6.07) is 5.84. The Hall–Kier alpha value is -1.07. The normalized spacial score (nSPS) is 14.8. The number of carbonyl (C=O) groups is 1. The molecule has 0 unspecified atom stereocenters. The van der Waals surface area contributed by atoms with Gasteiger partial charge in [-0.1, -0.05) is 0 Å². The molecular weight excluding hydrogens is 300 g/mol. The summed E-state index contributed by atoms with van der Waals surface area (Å²) in [5.41, 5.74) is 2.04. The van der Waals surface area contributed by atoms with E-state index in [1.54, 1.807) is 17.5 Å². The van der Waals surface area contributed by atoms with Gasteiger partial charge in [-0.3, -0.25) is 4.79 Å². The molecule has 0 atom stereocenters. The minimum Gasteiger partial charge on any atom is -0.357 e. The van der Waals surface area contributed by atoms with Crippen molar-refractivity contribution in [1.82, 2.24) is 9.88 Å². The second-order valence-electron chi connectivity index (χ2n) is 4.06. The number of amides is 1. The van der Waals surface area contributed by atoms with Crippen LogP contribution in [0, 0.1) is 0 Å². The van der Waals surface area contributed by atoms with Crippen LogP contribution in [0.5, 0.6) is 0 Å². The highest BCUT2D eigenvalue weighted by atomic mass is 79.9. The van der Waals surface area contributed by atoms with Crippen molar-refractivity contribution in [3.05, 3.63) is 44.3 Å². The summed E-state index contributed by atoms with van der Waals surface area (Å²) in [5.74, 6) is 0.0881. The highest BCUT2D eigenvalue weighted by Gasteiger charge is 2.23. The van der Waals surface area contributed by atoms with Gasteiger partial charge in [-0.05, 0) is 46.1 Å². The molecule has 3 nitrogen and oxygen atoms in total. The zero-order valence-corrected chi connectivity index (χ0v) is 11.5. The minimum atomic E-state index is 0.0881. The molecule has 17 heavy (non-hydrogen) atoms. The summed E-state index contributed by atoms with van der Waals surface area (Å²) in [4.78, 5) is 18.3. The quantitative estimate of drug-likeness (QED) is 0.863. The lowest BCUT2D eigenvalue weighted by atomic mass is 10.1. The van der Waals surface area contributed by atoms with Gasteiger partial charge in [0.25, 0.3) is 5.91 Å². The molecule has 3 heterocycles. The SMILES string of the molecule is O=C(c1ccc[nH]1)N1CCc2cc(Br)sc2C1. The van der Waals surface area contributed by atoms with Gasteiger partial charge in [-0.25, -0.2) is 0 Å². The van der Waals surface area contributed by atoms with Crippen molar-refractivity contribution >= 4 is 33.2 Å². The second kappa shape index (κ2) is 4.31. The van der Waals surface area contributed by atoms with Crippen LogP contribution in [-0.4, -0.2) is 22.3 Å². The van der Waals surface area contributed by atoms with Crippen molar-refractivity contribution in [2.45, 2.75) is 13.0 Å². The lowest BCUT2D eigenvalue weighted by molar-refractivity contribution is 0.0732. The van der Waals surface area contributed by atoms with Gasteiger partial charge in [0.05, 0.1) is 10.3 Å². The molecule has 1 amide bonds. The molecule has 0 saturated heterocycles. The van der Waals surface area contributed by atoms with Gasteiger partial charge < -0.3 is 9.88 Å². The number of nitrogens with one attached hydrogen (secondary N) is 1. The summed E-state index contributed by atoms with van der Waals surface area (Å²) in [6.07, 6.45) is 2.73. The number of aromatic nitrogens is 1. The summed E-state index contributed by atoms with van der Waals surface area (Å²) in [5, 5.41) is 0. The lowest BCUT2D eigenvalue weighted by Crippen LogP contribution is -2.35. The number of halogens is 1. The predicted molar refractivity (Wildman–Crippen MR) is 71.3 cm³/mol. The minimum absolute atomic E-state index is 0.0881. The number of rotatable bonds is 1. The summed E-state index contributed by atoms with van der Waals surface area (Å²) in [6.45, 7) is 1.53. The Balaban J connectivity index is 1.82. The van der Waals surface area contributed by atoms with E-state index in [4.69, 9.17) is 0 Å². The van der Waals surface area contributed by atoms with Gasteiger partial charge in [0.2, 0.25) is 0 Å². The Morgan fingerprint density at radius 3 is 3.18 bits per heavy atom. The molecule has 0 saturated carbocycles. The van der Waals surface area contributed by atoms with Crippen LogP contribution >= 0.6 is 27.3 Å². The van der Waals surface area contributed by atoms with Crippen LogP contribution in [-0.2, 0) is 13.0 Å². The van der Waals surface area contributed by atoms with E-state index in [2.05, 4.69) is 27.0 Å². The van der Waals surface area contributed by atoms with Crippen molar-refractivity contribution in [3.63, 3.8) is 0 Å². The maximum atomic E-state index is 12.2. The molecule has 1 aliphatic heterocycles. The molecule has 3 rings (SSSR count). The Labute approximate surface area is 112 Å². The molecule has 0 radical (unpaired) electrons. The first-order chi connectivity index (χ1) is 8.24. The summed E-state index contributed by atoms with van der Waals surface area (Å²) in [7, 11) is 0. The van der Waals surface area contributed by atoms with Gasteiger partial charge in [-0.15, -0.1) is 11.3 Å². The van der Waals surface area contributed by atoms with Gasteiger partial charge in [0, 0.05) is 17.6 Å². The zero-order chi connectivity index (χ0) is 11.8. The van der Waals surface area contributed by atoms with E-state index in [1.165, 1.54) is 10.4 Å². The van der Waals surface area contributed by atoms with Gasteiger partial charge >= 0.3 is 0 Å². The third kappa shape index (κ3) is 2.05. The standard InChI is InChI=1S/C12H11BrN2OS/c13-11-6-8-3-5-15(7-10(8)17-11)12(16)9-2-1-4-14-9/h1-2,4,6,14H,3,5,7H2. The third-order valence-corrected chi connectivity index (χ3v) is 4.63. The molecule has 0 aromatic carbocycles.